The van der Waals surface area contributed by atoms with Crippen LogP contribution < -0.4 is 0 Å². The first-order chi connectivity index (χ1) is 7.98. The van der Waals surface area contributed by atoms with E-state index >= 15 is 0 Å². The zero-order chi connectivity index (χ0) is 12.5. The topological polar surface area (TPSA) is 20.2 Å². The predicted octanol–water partition coefficient (Wildman–Crippen LogP) is 3.68. The van der Waals surface area contributed by atoms with Crippen LogP contribution in [0, 0.1) is 11.7 Å². The summed E-state index contributed by atoms with van der Waals surface area (Å²) in [5.41, 5.74) is 0.197. The quantitative estimate of drug-likeness (QED) is 0.859. The average Bonchev–Trinajstić information content (AvgIpc) is 2.58. The molecule has 0 spiro atoms. The third-order valence-electron chi connectivity index (χ3n) is 3.33. The lowest BCUT2D eigenvalue weighted by Gasteiger charge is -2.16. The fourth-order valence-corrected chi connectivity index (χ4v) is 2.43. The number of hydrogen-bond acceptors (Lipinski definition) is 1. The van der Waals surface area contributed by atoms with Gasteiger partial charge in [0.05, 0.1) is 6.10 Å². The second-order valence-corrected chi connectivity index (χ2v) is 4.74. The van der Waals surface area contributed by atoms with E-state index in [9.17, 15) is 18.3 Å². The number of alkyl halides is 2. The van der Waals surface area contributed by atoms with Crippen molar-refractivity contribution in [2.45, 2.75) is 37.7 Å². The summed E-state index contributed by atoms with van der Waals surface area (Å²) in [6.07, 6.45) is -0.704. The Morgan fingerprint density at radius 3 is 2.65 bits per heavy atom. The standard InChI is InChI=1S/C13H15F3O/c14-11-4-2-1-3-10(11)12(17)7-9-5-6-13(15,16)8-9/h1-4,9,12,17H,5-8H2. The third kappa shape index (κ3) is 3.00. The first-order valence-electron chi connectivity index (χ1n) is 5.78. The molecule has 2 rings (SSSR count). The van der Waals surface area contributed by atoms with Gasteiger partial charge < -0.3 is 5.11 Å². The minimum Gasteiger partial charge on any atom is -0.388 e. The van der Waals surface area contributed by atoms with Gasteiger partial charge in [-0.25, -0.2) is 13.2 Å². The molecule has 0 amide bonds. The molecular formula is C13H15F3O. The van der Waals surface area contributed by atoms with Crippen molar-refractivity contribution < 1.29 is 18.3 Å². The highest BCUT2D eigenvalue weighted by Crippen LogP contribution is 2.42. The van der Waals surface area contributed by atoms with Crippen molar-refractivity contribution in [1.29, 1.82) is 0 Å². The van der Waals surface area contributed by atoms with Crippen LogP contribution in [-0.2, 0) is 0 Å². The van der Waals surface area contributed by atoms with Crippen molar-refractivity contribution >= 4 is 0 Å². The molecule has 94 valence electrons. The van der Waals surface area contributed by atoms with Crippen LogP contribution in [0.1, 0.15) is 37.4 Å². The molecule has 1 aromatic rings. The monoisotopic (exact) mass is 244 g/mol. The lowest BCUT2D eigenvalue weighted by molar-refractivity contribution is 0.00249. The van der Waals surface area contributed by atoms with E-state index in [4.69, 9.17) is 0 Å². The van der Waals surface area contributed by atoms with Crippen molar-refractivity contribution in [2.24, 2.45) is 5.92 Å². The third-order valence-corrected chi connectivity index (χ3v) is 3.33. The van der Waals surface area contributed by atoms with Gasteiger partial charge in [0.15, 0.2) is 0 Å². The molecule has 0 saturated heterocycles. The highest BCUT2D eigenvalue weighted by atomic mass is 19.3. The Kier molecular flexibility index (Phi) is 3.43. The normalized spacial score (nSPS) is 24.8. The Bertz CT molecular complexity index is 392. The average molecular weight is 244 g/mol. The fourth-order valence-electron chi connectivity index (χ4n) is 2.43. The van der Waals surface area contributed by atoms with Crippen molar-refractivity contribution in [1.82, 2.24) is 0 Å². The Labute approximate surface area is 98.3 Å². The van der Waals surface area contributed by atoms with Crippen LogP contribution >= 0.6 is 0 Å². The molecule has 2 atom stereocenters. The summed E-state index contributed by atoms with van der Waals surface area (Å²) < 4.78 is 39.3. The number of halogens is 3. The molecule has 0 bridgehead atoms. The van der Waals surface area contributed by atoms with Gasteiger partial charge in [0, 0.05) is 18.4 Å². The predicted molar refractivity (Wildman–Crippen MR) is 58.3 cm³/mol. The molecule has 17 heavy (non-hydrogen) atoms. The van der Waals surface area contributed by atoms with E-state index in [0.717, 1.165) is 0 Å². The molecule has 0 radical (unpaired) electrons. The van der Waals surface area contributed by atoms with Gasteiger partial charge in [-0.1, -0.05) is 18.2 Å². The maximum Gasteiger partial charge on any atom is 0.248 e. The molecule has 0 aliphatic heterocycles. The van der Waals surface area contributed by atoms with E-state index in [-0.39, 0.29) is 30.7 Å². The number of aliphatic hydroxyl groups excluding tert-OH is 1. The first kappa shape index (κ1) is 12.4. The van der Waals surface area contributed by atoms with Gasteiger partial charge >= 0.3 is 0 Å². The molecule has 0 heterocycles. The van der Waals surface area contributed by atoms with Crippen molar-refractivity contribution in [2.75, 3.05) is 0 Å². The highest BCUT2D eigenvalue weighted by molar-refractivity contribution is 5.19. The summed E-state index contributed by atoms with van der Waals surface area (Å²) in [5.74, 6) is -3.32. The Balaban J connectivity index is 1.99. The van der Waals surface area contributed by atoms with Crippen LogP contribution in [0.3, 0.4) is 0 Å². The number of rotatable bonds is 3. The van der Waals surface area contributed by atoms with Gasteiger partial charge in [-0.05, 0) is 24.8 Å². The maximum atomic E-state index is 13.4. The molecule has 1 aliphatic carbocycles. The smallest absolute Gasteiger partial charge is 0.248 e. The zero-order valence-electron chi connectivity index (χ0n) is 9.37. The summed E-state index contributed by atoms with van der Waals surface area (Å²) in [4.78, 5) is 0. The van der Waals surface area contributed by atoms with E-state index in [0.29, 0.717) is 6.42 Å². The minimum atomic E-state index is -2.61. The molecular weight excluding hydrogens is 229 g/mol. The maximum absolute atomic E-state index is 13.4. The van der Waals surface area contributed by atoms with Gasteiger partial charge in [0.2, 0.25) is 5.92 Å². The molecule has 1 N–H and O–H groups in total. The van der Waals surface area contributed by atoms with Crippen LogP contribution in [0.25, 0.3) is 0 Å². The Morgan fingerprint density at radius 1 is 1.35 bits per heavy atom. The van der Waals surface area contributed by atoms with E-state index < -0.39 is 17.8 Å². The van der Waals surface area contributed by atoms with Crippen molar-refractivity contribution in [3.8, 4) is 0 Å². The van der Waals surface area contributed by atoms with Crippen molar-refractivity contribution in [3.63, 3.8) is 0 Å². The van der Waals surface area contributed by atoms with Crippen LogP contribution in [0.5, 0.6) is 0 Å². The molecule has 1 aliphatic rings. The molecule has 4 heteroatoms. The Hall–Kier alpha value is -1.03. The molecule has 1 aromatic carbocycles. The summed E-state index contributed by atoms with van der Waals surface area (Å²) in [6, 6.07) is 5.93. The van der Waals surface area contributed by atoms with E-state index in [1.807, 2.05) is 0 Å². The largest absolute Gasteiger partial charge is 0.388 e. The van der Waals surface area contributed by atoms with E-state index in [1.165, 1.54) is 18.2 Å². The van der Waals surface area contributed by atoms with Crippen molar-refractivity contribution in [3.05, 3.63) is 35.6 Å². The lowest BCUT2D eigenvalue weighted by Crippen LogP contribution is -2.11. The van der Waals surface area contributed by atoms with Crippen LogP contribution in [0.15, 0.2) is 24.3 Å². The zero-order valence-corrected chi connectivity index (χ0v) is 9.37. The van der Waals surface area contributed by atoms with Gasteiger partial charge in [0.1, 0.15) is 5.82 Å². The highest BCUT2D eigenvalue weighted by Gasteiger charge is 2.40. The first-order valence-corrected chi connectivity index (χ1v) is 5.78. The Morgan fingerprint density at radius 2 is 2.06 bits per heavy atom. The van der Waals surface area contributed by atoms with Gasteiger partial charge in [0.25, 0.3) is 0 Å². The molecule has 0 aromatic heterocycles. The van der Waals surface area contributed by atoms with E-state index in [2.05, 4.69) is 0 Å². The molecule has 2 unspecified atom stereocenters. The van der Waals surface area contributed by atoms with Gasteiger partial charge in [-0.15, -0.1) is 0 Å². The number of hydrogen-bond donors (Lipinski definition) is 1. The molecule has 1 fully saturated rings. The number of benzene rings is 1. The van der Waals surface area contributed by atoms with E-state index in [1.54, 1.807) is 6.07 Å². The second-order valence-electron chi connectivity index (χ2n) is 4.74. The summed E-state index contributed by atoms with van der Waals surface area (Å²) in [6.45, 7) is 0. The number of aliphatic hydroxyl groups is 1. The van der Waals surface area contributed by atoms with Gasteiger partial charge in [-0.3, -0.25) is 0 Å². The minimum absolute atomic E-state index is 0.123. The molecule has 1 nitrogen and oxygen atoms in total. The SMILES string of the molecule is OC(CC1CCC(F)(F)C1)c1ccccc1F. The second kappa shape index (κ2) is 4.69. The van der Waals surface area contributed by atoms with Gasteiger partial charge in [-0.2, -0.15) is 0 Å². The lowest BCUT2D eigenvalue weighted by atomic mass is 9.95. The summed E-state index contributed by atoms with van der Waals surface area (Å²) in [7, 11) is 0. The molecule has 1 saturated carbocycles. The summed E-state index contributed by atoms with van der Waals surface area (Å²) >= 11 is 0. The summed E-state index contributed by atoms with van der Waals surface area (Å²) in [5, 5.41) is 9.85. The fraction of sp³-hybridized carbons (Fsp3) is 0.538. The van der Waals surface area contributed by atoms with Crippen LogP contribution in [0.4, 0.5) is 13.2 Å². The van der Waals surface area contributed by atoms with Crippen LogP contribution in [-0.4, -0.2) is 11.0 Å². The van der Waals surface area contributed by atoms with Crippen LogP contribution in [0.2, 0.25) is 0 Å².